The number of aromatic nitrogens is 1. The number of primary sulfonamides is 1. The summed E-state index contributed by atoms with van der Waals surface area (Å²) in [6.45, 7) is 2.05. The minimum absolute atomic E-state index is 0.00940. The number of nitrogen functional groups attached to an aromatic ring is 1. The molecule has 1 aromatic heterocycles. The maximum atomic E-state index is 11.5. The minimum atomic E-state index is -3.80. The number of rotatable bonds is 4. The van der Waals surface area contributed by atoms with E-state index in [2.05, 4.69) is 10.5 Å². The van der Waals surface area contributed by atoms with Gasteiger partial charge in [0.1, 0.15) is 12.0 Å². The Hall–Kier alpha value is -2.06. The van der Waals surface area contributed by atoms with Crippen molar-refractivity contribution in [3.63, 3.8) is 0 Å². The Morgan fingerprint density at radius 2 is 2.16 bits per heavy atom. The van der Waals surface area contributed by atoms with Crippen LogP contribution in [0.5, 0.6) is 0 Å². The highest BCUT2D eigenvalue weighted by Crippen LogP contribution is 2.26. The van der Waals surface area contributed by atoms with E-state index in [1.54, 1.807) is 19.1 Å². The summed E-state index contributed by atoms with van der Waals surface area (Å²) in [5.41, 5.74) is 7.79. The van der Waals surface area contributed by atoms with Crippen molar-refractivity contribution in [1.29, 1.82) is 0 Å². The molecule has 0 saturated heterocycles. The number of nitrogens with one attached hydrogen (secondary N) is 1. The molecule has 2 aromatic rings. The summed E-state index contributed by atoms with van der Waals surface area (Å²) in [7, 11) is -3.80. The monoisotopic (exact) mass is 282 g/mol. The fourth-order valence-electron chi connectivity index (χ4n) is 1.70. The van der Waals surface area contributed by atoms with E-state index in [0.717, 1.165) is 0 Å². The van der Waals surface area contributed by atoms with Gasteiger partial charge >= 0.3 is 0 Å². The maximum absolute atomic E-state index is 11.5. The van der Waals surface area contributed by atoms with Gasteiger partial charge in [-0.1, -0.05) is 5.16 Å². The molecule has 5 N–H and O–H groups in total. The molecule has 0 spiro atoms. The first-order valence-corrected chi connectivity index (χ1v) is 6.98. The Bertz CT molecular complexity index is 680. The highest BCUT2D eigenvalue weighted by molar-refractivity contribution is 7.89. The molecule has 1 heterocycles. The van der Waals surface area contributed by atoms with E-state index >= 15 is 0 Å². The van der Waals surface area contributed by atoms with Crippen molar-refractivity contribution in [2.24, 2.45) is 5.14 Å². The van der Waals surface area contributed by atoms with Crippen LogP contribution in [0, 0.1) is 6.92 Å². The number of anilines is 2. The first kappa shape index (κ1) is 13.4. The lowest BCUT2D eigenvalue weighted by Gasteiger charge is -2.12. The molecule has 2 rings (SSSR count). The van der Waals surface area contributed by atoms with Crippen molar-refractivity contribution in [1.82, 2.24) is 5.16 Å². The van der Waals surface area contributed by atoms with E-state index in [1.165, 1.54) is 12.3 Å². The molecule has 0 atom stereocenters. The van der Waals surface area contributed by atoms with Crippen LogP contribution in [-0.4, -0.2) is 13.6 Å². The zero-order chi connectivity index (χ0) is 14.0. The number of nitrogens with two attached hydrogens (primary N) is 2. The molecular formula is C11H14N4O3S. The second-order valence-electron chi connectivity index (χ2n) is 4.08. The fraction of sp³-hybridized carbons (Fsp3) is 0.182. The van der Waals surface area contributed by atoms with Gasteiger partial charge in [-0.15, -0.1) is 0 Å². The average Bonchev–Trinajstić information content (AvgIpc) is 2.81. The maximum Gasteiger partial charge on any atom is 0.238 e. The molecule has 0 amide bonds. The van der Waals surface area contributed by atoms with Gasteiger partial charge in [0.15, 0.2) is 0 Å². The van der Waals surface area contributed by atoms with Crippen LogP contribution in [0.2, 0.25) is 0 Å². The topological polar surface area (TPSA) is 124 Å². The molecule has 0 aliphatic carbocycles. The summed E-state index contributed by atoms with van der Waals surface area (Å²) in [4.78, 5) is 0.00940. The van der Waals surface area contributed by atoms with E-state index in [9.17, 15) is 8.42 Å². The zero-order valence-corrected chi connectivity index (χ0v) is 11.1. The third-order valence-corrected chi connectivity index (χ3v) is 3.68. The van der Waals surface area contributed by atoms with Gasteiger partial charge < -0.3 is 15.6 Å². The summed E-state index contributed by atoms with van der Waals surface area (Å²) in [6, 6.07) is 4.69. The molecule has 0 fully saturated rings. The van der Waals surface area contributed by atoms with Gasteiger partial charge in [-0.2, -0.15) is 0 Å². The quantitative estimate of drug-likeness (QED) is 0.713. The SMILES string of the molecule is Cc1c(NCc2ccon2)cc(N)cc1S(N)(=O)=O. The average molecular weight is 282 g/mol. The van der Waals surface area contributed by atoms with Gasteiger partial charge in [0.25, 0.3) is 0 Å². The smallest absolute Gasteiger partial charge is 0.238 e. The summed E-state index contributed by atoms with van der Waals surface area (Å²) in [5.74, 6) is 0. The molecule has 8 heteroatoms. The van der Waals surface area contributed by atoms with Crippen LogP contribution in [0.25, 0.3) is 0 Å². The lowest BCUT2D eigenvalue weighted by Crippen LogP contribution is -2.15. The standard InChI is InChI=1S/C11H14N4O3S/c1-7-10(14-6-9-2-3-18-15-9)4-8(12)5-11(7)19(13,16)17/h2-5,14H,6,12H2,1H3,(H2,13,16,17). The molecule has 0 aliphatic heterocycles. The highest BCUT2D eigenvalue weighted by Gasteiger charge is 2.15. The second kappa shape index (κ2) is 4.90. The predicted octanol–water partition coefficient (Wildman–Crippen LogP) is 0.825. The Morgan fingerprint density at radius 3 is 2.74 bits per heavy atom. The molecule has 7 nitrogen and oxygen atoms in total. The molecule has 0 radical (unpaired) electrons. The van der Waals surface area contributed by atoms with Gasteiger partial charge in [0.2, 0.25) is 10.0 Å². The molecule has 0 unspecified atom stereocenters. The van der Waals surface area contributed by atoms with Crippen LogP contribution in [-0.2, 0) is 16.6 Å². The van der Waals surface area contributed by atoms with Crippen molar-refractivity contribution < 1.29 is 12.9 Å². The van der Waals surface area contributed by atoms with Crippen LogP contribution in [0.1, 0.15) is 11.3 Å². The molecule has 0 aliphatic rings. The summed E-state index contributed by atoms with van der Waals surface area (Å²) < 4.78 is 27.6. The third-order valence-electron chi connectivity index (χ3n) is 2.64. The van der Waals surface area contributed by atoms with Gasteiger partial charge in [-0.25, -0.2) is 13.6 Å². The van der Waals surface area contributed by atoms with Crippen molar-refractivity contribution >= 4 is 21.4 Å². The lowest BCUT2D eigenvalue weighted by atomic mass is 10.1. The Balaban J connectivity index is 2.33. The van der Waals surface area contributed by atoms with E-state index in [0.29, 0.717) is 29.2 Å². The normalized spacial score (nSPS) is 11.5. The van der Waals surface area contributed by atoms with Crippen LogP contribution in [0.15, 0.2) is 33.9 Å². The largest absolute Gasteiger partial charge is 0.399 e. The van der Waals surface area contributed by atoms with E-state index in [4.69, 9.17) is 15.4 Å². The molecule has 0 bridgehead atoms. The Labute approximate surface area is 110 Å². The zero-order valence-electron chi connectivity index (χ0n) is 10.3. The van der Waals surface area contributed by atoms with E-state index in [-0.39, 0.29) is 4.90 Å². The number of nitrogens with zero attached hydrogens (tertiary/aromatic N) is 1. The second-order valence-corrected chi connectivity index (χ2v) is 5.61. The molecule has 1 aromatic carbocycles. The summed E-state index contributed by atoms with van der Waals surface area (Å²) in [5, 5.41) is 11.9. The Kier molecular flexibility index (Phi) is 3.45. The van der Waals surface area contributed by atoms with Crippen LogP contribution in [0.4, 0.5) is 11.4 Å². The van der Waals surface area contributed by atoms with E-state index < -0.39 is 10.0 Å². The van der Waals surface area contributed by atoms with Gasteiger partial charge in [-0.05, 0) is 24.6 Å². The van der Waals surface area contributed by atoms with Crippen molar-refractivity contribution in [2.75, 3.05) is 11.1 Å². The number of hydrogen-bond donors (Lipinski definition) is 3. The van der Waals surface area contributed by atoms with Crippen molar-refractivity contribution in [3.05, 3.63) is 35.7 Å². The van der Waals surface area contributed by atoms with Gasteiger partial charge in [0, 0.05) is 17.4 Å². The number of hydrogen-bond acceptors (Lipinski definition) is 6. The first-order valence-electron chi connectivity index (χ1n) is 5.44. The molecule has 102 valence electrons. The van der Waals surface area contributed by atoms with Crippen molar-refractivity contribution in [3.8, 4) is 0 Å². The minimum Gasteiger partial charge on any atom is -0.399 e. The lowest BCUT2D eigenvalue weighted by molar-refractivity contribution is 0.412. The van der Waals surface area contributed by atoms with Crippen LogP contribution < -0.4 is 16.2 Å². The van der Waals surface area contributed by atoms with Crippen molar-refractivity contribution in [2.45, 2.75) is 18.4 Å². The number of sulfonamides is 1. The van der Waals surface area contributed by atoms with Crippen LogP contribution in [0.3, 0.4) is 0 Å². The fourth-order valence-corrected chi connectivity index (χ4v) is 2.54. The third kappa shape index (κ3) is 3.04. The van der Waals surface area contributed by atoms with E-state index in [1.807, 2.05) is 0 Å². The first-order chi connectivity index (χ1) is 8.88. The van der Waals surface area contributed by atoms with Gasteiger partial charge in [-0.3, -0.25) is 0 Å². The van der Waals surface area contributed by atoms with Gasteiger partial charge in [0.05, 0.1) is 11.4 Å². The summed E-state index contributed by atoms with van der Waals surface area (Å²) in [6.07, 6.45) is 1.46. The molecule has 0 saturated carbocycles. The molecular weight excluding hydrogens is 268 g/mol. The van der Waals surface area contributed by atoms with Crippen LogP contribution >= 0.6 is 0 Å². The number of benzene rings is 1. The Morgan fingerprint density at radius 1 is 1.42 bits per heavy atom. The highest BCUT2D eigenvalue weighted by atomic mass is 32.2. The molecule has 19 heavy (non-hydrogen) atoms. The summed E-state index contributed by atoms with van der Waals surface area (Å²) >= 11 is 0. The predicted molar refractivity (Wildman–Crippen MR) is 70.8 cm³/mol.